The van der Waals surface area contributed by atoms with Crippen molar-refractivity contribution in [1.82, 2.24) is 4.57 Å². The summed E-state index contributed by atoms with van der Waals surface area (Å²) in [6, 6.07) is 2.73. The summed E-state index contributed by atoms with van der Waals surface area (Å²) in [5, 5.41) is 0.260. The second kappa shape index (κ2) is 3.39. The summed E-state index contributed by atoms with van der Waals surface area (Å²) >= 11 is 0. The van der Waals surface area contributed by atoms with Crippen LogP contribution in [-0.4, -0.2) is 4.57 Å². The molecule has 1 aliphatic carbocycles. The number of nitrogens with zero attached hydrogens (tertiary/aromatic N) is 1. The number of pyridine rings is 1. The average molecular weight is 235 g/mol. The zero-order chi connectivity index (χ0) is 12.2. The van der Waals surface area contributed by atoms with Crippen molar-refractivity contribution in [1.29, 1.82) is 0 Å². The van der Waals surface area contributed by atoms with E-state index in [-0.39, 0.29) is 16.4 Å². The smallest absolute Gasteiger partial charge is 0.189 e. The Morgan fingerprint density at radius 2 is 2.06 bits per heavy atom. The fraction of sp³-hybridized carbons (Fsp3) is 0.308. The van der Waals surface area contributed by atoms with Crippen LogP contribution in [0.3, 0.4) is 0 Å². The highest BCUT2D eigenvalue weighted by Gasteiger charge is 2.26. The predicted molar refractivity (Wildman–Crippen MR) is 61.1 cm³/mol. The second-order valence-electron chi connectivity index (χ2n) is 4.51. The summed E-state index contributed by atoms with van der Waals surface area (Å²) in [6.45, 7) is 1.51. The lowest BCUT2D eigenvalue weighted by Gasteiger charge is -2.12. The maximum absolute atomic E-state index is 13.6. The van der Waals surface area contributed by atoms with Gasteiger partial charge in [-0.2, -0.15) is 0 Å². The molecule has 88 valence electrons. The molecule has 0 aliphatic heterocycles. The summed E-state index contributed by atoms with van der Waals surface area (Å²) in [4.78, 5) is 11.7. The molecule has 2 nitrogen and oxygen atoms in total. The lowest BCUT2D eigenvalue weighted by atomic mass is 10.1. The van der Waals surface area contributed by atoms with Crippen LogP contribution < -0.4 is 5.43 Å². The minimum absolute atomic E-state index is 0.213. The number of rotatable bonds is 1. The van der Waals surface area contributed by atoms with E-state index < -0.39 is 11.6 Å². The molecule has 4 heteroatoms. The van der Waals surface area contributed by atoms with E-state index in [1.807, 2.05) is 4.57 Å². The van der Waals surface area contributed by atoms with Gasteiger partial charge >= 0.3 is 0 Å². The molecule has 0 atom stereocenters. The van der Waals surface area contributed by atoms with Crippen molar-refractivity contribution in [3.63, 3.8) is 0 Å². The van der Waals surface area contributed by atoms with E-state index in [1.54, 1.807) is 6.20 Å². The number of hydrogen-bond acceptors (Lipinski definition) is 1. The zero-order valence-electron chi connectivity index (χ0n) is 9.34. The quantitative estimate of drug-likeness (QED) is 0.744. The van der Waals surface area contributed by atoms with Gasteiger partial charge in [0, 0.05) is 29.3 Å². The molecule has 2 aromatic rings. The van der Waals surface area contributed by atoms with Crippen molar-refractivity contribution in [3.05, 3.63) is 45.8 Å². The van der Waals surface area contributed by atoms with Crippen molar-refractivity contribution in [2.75, 3.05) is 0 Å². The van der Waals surface area contributed by atoms with Crippen LogP contribution in [-0.2, 0) is 0 Å². The van der Waals surface area contributed by atoms with E-state index in [0.717, 1.165) is 18.9 Å². The Morgan fingerprint density at radius 3 is 2.71 bits per heavy atom. The Hall–Kier alpha value is -1.71. The van der Waals surface area contributed by atoms with Gasteiger partial charge in [-0.1, -0.05) is 0 Å². The first kappa shape index (κ1) is 10.4. The number of aromatic nitrogens is 1. The van der Waals surface area contributed by atoms with Crippen LogP contribution in [0.15, 0.2) is 23.1 Å². The molecule has 1 fully saturated rings. The summed E-state index contributed by atoms with van der Waals surface area (Å²) in [5.74, 6) is -1.82. The molecule has 0 unspecified atom stereocenters. The van der Waals surface area contributed by atoms with Crippen molar-refractivity contribution < 1.29 is 8.78 Å². The molecule has 0 radical (unpaired) electrons. The van der Waals surface area contributed by atoms with Gasteiger partial charge in [0.15, 0.2) is 17.1 Å². The first-order valence-electron chi connectivity index (χ1n) is 5.59. The highest BCUT2D eigenvalue weighted by atomic mass is 19.2. The third-order valence-corrected chi connectivity index (χ3v) is 3.27. The number of hydrogen-bond donors (Lipinski definition) is 0. The minimum atomic E-state index is -0.958. The van der Waals surface area contributed by atoms with Gasteiger partial charge < -0.3 is 4.57 Å². The summed E-state index contributed by atoms with van der Waals surface area (Å²) in [7, 11) is 0. The Labute approximate surface area is 96.5 Å². The Bertz CT molecular complexity index is 671. The van der Waals surface area contributed by atoms with Gasteiger partial charge in [0.05, 0.1) is 5.52 Å². The van der Waals surface area contributed by atoms with Gasteiger partial charge in [0.25, 0.3) is 0 Å². The molecule has 1 aromatic heterocycles. The third kappa shape index (κ3) is 1.47. The SMILES string of the molecule is Cc1c(F)c(F)cc2c(=O)ccn(C3CC3)c12. The summed E-state index contributed by atoms with van der Waals surface area (Å²) < 4.78 is 28.8. The molecule has 1 heterocycles. The molecule has 17 heavy (non-hydrogen) atoms. The Kier molecular flexibility index (Phi) is 2.08. The van der Waals surface area contributed by atoms with Crippen LogP contribution >= 0.6 is 0 Å². The van der Waals surface area contributed by atoms with Crippen LogP contribution in [0.25, 0.3) is 10.9 Å². The maximum atomic E-state index is 13.6. The van der Waals surface area contributed by atoms with Crippen LogP contribution in [0.1, 0.15) is 24.4 Å². The van der Waals surface area contributed by atoms with E-state index in [1.165, 1.54) is 13.0 Å². The molecular weight excluding hydrogens is 224 g/mol. The number of benzene rings is 1. The summed E-state index contributed by atoms with van der Waals surface area (Å²) in [6.07, 6.45) is 3.72. The van der Waals surface area contributed by atoms with Gasteiger partial charge in [0.1, 0.15) is 0 Å². The van der Waals surface area contributed by atoms with Gasteiger partial charge in [-0.05, 0) is 25.8 Å². The first-order valence-corrected chi connectivity index (χ1v) is 5.59. The third-order valence-electron chi connectivity index (χ3n) is 3.27. The normalized spacial score (nSPS) is 15.5. The van der Waals surface area contributed by atoms with E-state index in [4.69, 9.17) is 0 Å². The molecule has 1 saturated carbocycles. The fourth-order valence-corrected chi connectivity index (χ4v) is 2.23. The Morgan fingerprint density at radius 1 is 1.35 bits per heavy atom. The molecule has 0 N–H and O–H groups in total. The minimum Gasteiger partial charge on any atom is -0.344 e. The molecule has 0 amide bonds. The lowest BCUT2D eigenvalue weighted by molar-refractivity contribution is 0.504. The van der Waals surface area contributed by atoms with E-state index in [9.17, 15) is 13.6 Å². The number of halogens is 2. The van der Waals surface area contributed by atoms with Crippen LogP contribution in [0, 0.1) is 18.6 Å². The van der Waals surface area contributed by atoms with Gasteiger partial charge in [0.2, 0.25) is 0 Å². The van der Waals surface area contributed by atoms with E-state index >= 15 is 0 Å². The zero-order valence-corrected chi connectivity index (χ0v) is 9.34. The maximum Gasteiger partial charge on any atom is 0.189 e. The van der Waals surface area contributed by atoms with E-state index in [2.05, 4.69) is 0 Å². The van der Waals surface area contributed by atoms with Crippen molar-refractivity contribution in [2.45, 2.75) is 25.8 Å². The topological polar surface area (TPSA) is 22.0 Å². The number of aryl methyl sites for hydroxylation is 1. The van der Waals surface area contributed by atoms with E-state index in [0.29, 0.717) is 11.6 Å². The van der Waals surface area contributed by atoms with Gasteiger partial charge in [-0.3, -0.25) is 4.79 Å². The Balaban J connectivity index is 2.49. The largest absolute Gasteiger partial charge is 0.344 e. The van der Waals surface area contributed by atoms with Crippen molar-refractivity contribution in [3.8, 4) is 0 Å². The molecule has 0 bridgehead atoms. The first-order chi connectivity index (χ1) is 8.09. The molecular formula is C13H11F2NO. The van der Waals surface area contributed by atoms with Crippen molar-refractivity contribution >= 4 is 10.9 Å². The van der Waals surface area contributed by atoms with Crippen molar-refractivity contribution in [2.24, 2.45) is 0 Å². The van der Waals surface area contributed by atoms with Crippen LogP contribution in [0.4, 0.5) is 8.78 Å². The predicted octanol–water partition coefficient (Wildman–Crippen LogP) is 2.92. The molecule has 0 saturated heterocycles. The van der Waals surface area contributed by atoms with Crippen LogP contribution in [0.2, 0.25) is 0 Å². The van der Waals surface area contributed by atoms with Gasteiger partial charge in [-0.15, -0.1) is 0 Å². The molecule has 1 aromatic carbocycles. The fourth-order valence-electron chi connectivity index (χ4n) is 2.23. The summed E-state index contributed by atoms with van der Waals surface area (Å²) in [5.41, 5.74) is 0.474. The molecule has 3 rings (SSSR count). The lowest BCUT2D eigenvalue weighted by Crippen LogP contribution is -2.10. The highest BCUT2D eigenvalue weighted by Crippen LogP contribution is 2.37. The standard InChI is InChI=1S/C13H11F2NO/c1-7-12(15)10(14)6-9-11(17)4-5-16(13(7)9)8-2-3-8/h4-6,8H,2-3H2,1H3. The molecule has 0 spiro atoms. The monoisotopic (exact) mass is 235 g/mol. The number of fused-ring (bicyclic) bond motifs is 1. The molecule has 1 aliphatic rings. The highest BCUT2D eigenvalue weighted by molar-refractivity contribution is 5.82. The van der Waals surface area contributed by atoms with Gasteiger partial charge in [-0.25, -0.2) is 8.78 Å². The van der Waals surface area contributed by atoms with Crippen LogP contribution in [0.5, 0.6) is 0 Å². The second-order valence-corrected chi connectivity index (χ2v) is 4.51. The average Bonchev–Trinajstić information content (AvgIpc) is 3.12.